The van der Waals surface area contributed by atoms with Crippen LogP contribution < -0.4 is 0 Å². The summed E-state index contributed by atoms with van der Waals surface area (Å²) in [5.74, 6) is 0.268. The topological polar surface area (TPSA) is 32.8 Å². The number of halogens is 2. The van der Waals surface area contributed by atoms with E-state index < -0.39 is 0 Å². The Morgan fingerprint density at radius 3 is 2.61 bits per heavy atom. The number of hydrogen-bond donors (Lipinski definition) is 0. The maximum absolute atomic E-state index is 13.5. The van der Waals surface area contributed by atoms with E-state index in [0.29, 0.717) is 15.8 Å². The lowest BCUT2D eigenvalue weighted by molar-refractivity contribution is -0.0728. The molecule has 2 unspecified atom stereocenters. The highest BCUT2D eigenvalue weighted by Crippen LogP contribution is 2.37. The number of carbonyl (C=O) groups excluding carboxylic acids is 1. The van der Waals surface area contributed by atoms with Crippen molar-refractivity contribution in [3.8, 4) is 0 Å². The van der Waals surface area contributed by atoms with Crippen molar-refractivity contribution in [2.75, 3.05) is 32.7 Å². The first-order chi connectivity index (χ1) is 13.4. The Bertz CT molecular complexity index is 855. The van der Waals surface area contributed by atoms with Gasteiger partial charge in [-0.2, -0.15) is 0 Å². The van der Waals surface area contributed by atoms with Crippen molar-refractivity contribution >= 4 is 38.9 Å². The fraction of sp³-hybridized carbons (Fsp3) is 0.571. The van der Waals surface area contributed by atoms with Gasteiger partial charge in [-0.15, -0.1) is 11.3 Å². The predicted molar refractivity (Wildman–Crippen MR) is 112 cm³/mol. The van der Waals surface area contributed by atoms with Crippen molar-refractivity contribution in [2.45, 2.75) is 38.9 Å². The monoisotopic (exact) mass is 424 g/mol. The number of benzene rings is 1. The summed E-state index contributed by atoms with van der Waals surface area (Å²) in [4.78, 5) is 17.9. The summed E-state index contributed by atoms with van der Waals surface area (Å²) in [5, 5.41) is 1.20. The van der Waals surface area contributed by atoms with E-state index in [1.807, 2.05) is 4.90 Å². The van der Waals surface area contributed by atoms with Gasteiger partial charge in [-0.1, -0.05) is 11.6 Å². The third kappa shape index (κ3) is 4.20. The average molecular weight is 425 g/mol. The van der Waals surface area contributed by atoms with Crippen LogP contribution in [-0.4, -0.2) is 60.6 Å². The zero-order chi connectivity index (χ0) is 19.8. The molecule has 1 aromatic heterocycles. The fourth-order valence-corrected chi connectivity index (χ4v) is 5.94. The second-order valence-corrected chi connectivity index (χ2v) is 9.53. The van der Waals surface area contributed by atoms with Crippen LogP contribution in [0.3, 0.4) is 0 Å². The lowest BCUT2D eigenvalue weighted by atomic mass is 9.95. The van der Waals surface area contributed by atoms with E-state index in [9.17, 15) is 9.18 Å². The molecule has 0 N–H and O–H groups in total. The van der Waals surface area contributed by atoms with Gasteiger partial charge in [0, 0.05) is 42.8 Å². The summed E-state index contributed by atoms with van der Waals surface area (Å²) in [6, 6.07) is 4.48. The summed E-state index contributed by atoms with van der Waals surface area (Å²) in [6.45, 7) is 8.79. The van der Waals surface area contributed by atoms with Gasteiger partial charge >= 0.3 is 0 Å². The average Bonchev–Trinajstić information content (AvgIpc) is 2.97. The number of thiophene rings is 1. The summed E-state index contributed by atoms with van der Waals surface area (Å²) >= 11 is 7.71. The van der Waals surface area contributed by atoms with E-state index in [-0.39, 0.29) is 23.9 Å². The van der Waals surface area contributed by atoms with Crippen molar-refractivity contribution in [1.29, 1.82) is 0 Å². The van der Waals surface area contributed by atoms with Crippen LogP contribution in [0.25, 0.3) is 10.1 Å². The zero-order valence-electron chi connectivity index (χ0n) is 16.3. The molecule has 7 heteroatoms. The maximum Gasteiger partial charge on any atom is 0.265 e. The largest absolute Gasteiger partial charge is 0.373 e. The smallest absolute Gasteiger partial charge is 0.265 e. The summed E-state index contributed by atoms with van der Waals surface area (Å²) < 4.78 is 20.0. The van der Waals surface area contributed by atoms with Gasteiger partial charge in [-0.3, -0.25) is 9.69 Å². The predicted octanol–water partition coefficient (Wildman–Crippen LogP) is 4.66. The molecule has 2 atom stereocenters. The van der Waals surface area contributed by atoms with Gasteiger partial charge in [0.1, 0.15) is 10.7 Å². The van der Waals surface area contributed by atoms with Gasteiger partial charge in [-0.25, -0.2) is 4.39 Å². The minimum Gasteiger partial charge on any atom is -0.373 e. The molecule has 0 spiro atoms. The quantitative estimate of drug-likeness (QED) is 0.718. The first-order valence-electron chi connectivity index (χ1n) is 9.95. The van der Waals surface area contributed by atoms with Crippen LogP contribution >= 0.6 is 22.9 Å². The molecule has 152 valence electrons. The molecule has 0 bridgehead atoms. The van der Waals surface area contributed by atoms with Gasteiger partial charge < -0.3 is 9.64 Å². The molecular formula is C21H26ClFN2O2S. The van der Waals surface area contributed by atoms with Crippen molar-refractivity contribution in [1.82, 2.24) is 9.80 Å². The first kappa shape index (κ1) is 20.1. The number of fused-ring (bicyclic) bond motifs is 1. The van der Waals surface area contributed by atoms with E-state index in [4.69, 9.17) is 16.3 Å². The molecule has 2 saturated heterocycles. The Hall–Kier alpha value is -1.21. The Kier molecular flexibility index (Phi) is 5.93. The molecule has 0 aliphatic carbocycles. The molecule has 3 heterocycles. The minimum atomic E-state index is -0.308. The molecule has 0 radical (unpaired) electrons. The lowest BCUT2D eigenvalue weighted by Gasteiger charge is -2.39. The normalized spacial score (nSPS) is 24.8. The van der Waals surface area contributed by atoms with Gasteiger partial charge in [0.2, 0.25) is 0 Å². The number of likely N-dealkylation sites (tertiary alicyclic amines) is 1. The third-order valence-corrected chi connectivity index (χ3v) is 7.34. The third-order valence-electron chi connectivity index (χ3n) is 5.70. The maximum atomic E-state index is 13.5. The van der Waals surface area contributed by atoms with Crippen LogP contribution in [0.4, 0.5) is 4.39 Å². The van der Waals surface area contributed by atoms with Gasteiger partial charge in [0.15, 0.2) is 0 Å². The molecule has 0 saturated carbocycles. The molecule has 1 aromatic carbocycles. The Morgan fingerprint density at radius 2 is 1.93 bits per heavy atom. The molecule has 2 aromatic rings. The Morgan fingerprint density at radius 1 is 1.25 bits per heavy atom. The van der Waals surface area contributed by atoms with Crippen LogP contribution in [0, 0.1) is 11.7 Å². The summed E-state index contributed by atoms with van der Waals surface area (Å²) in [6.07, 6.45) is 2.57. The SMILES string of the molecule is CC1CN(CC2CCN(C(=O)c3sc4cc(F)ccc4c3Cl)CC2)CC(C)O1. The standard InChI is InChI=1S/C21H26ClFN2O2S/c1-13-10-24(11-14(2)27-13)12-15-5-7-25(8-6-15)21(26)20-19(22)17-4-3-16(23)9-18(17)28-20/h3-4,9,13-15H,5-8,10-12H2,1-2H3. The summed E-state index contributed by atoms with van der Waals surface area (Å²) in [5.41, 5.74) is 0. The fourth-order valence-electron chi connectivity index (χ4n) is 4.44. The lowest BCUT2D eigenvalue weighted by Crippen LogP contribution is -2.48. The number of amides is 1. The van der Waals surface area contributed by atoms with Crippen LogP contribution in [0.5, 0.6) is 0 Å². The first-order valence-corrected chi connectivity index (χ1v) is 11.1. The molecule has 1 amide bonds. The number of nitrogens with zero attached hydrogens (tertiary/aromatic N) is 2. The molecular weight excluding hydrogens is 399 g/mol. The second kappa shape index (κ2) is 8.27. The van der Waals surface area contributed by atoms with Crippen LogP contribution in [-0.2, 0) is 4.74 Å². The molecule has 4 rings (SSSR count). The van der Waals surface area contributed by atoms with Crippen molar-refractivity contribution in [3.05, 3.63) is 33.9 Å². The van der Waals surface area contributed by atoms with E-state index >= 15 is 0 Å². The zero-order valence-corrected chi connectivity index (χ0v) is 17.9. The number of morpholine rings is 1. The van der Waals surface area contributed by atoms with E-state index in [1.54, 1.807) is 6.07 Å². The van der Waals surface area contributed by atoms with Gasteiger partial charge in [-0.05, 0) is 50.8 Å². The van der Waals surface area contributed by atoms with E-state index in [1.165, 1.54) is 23.5 Å². The number of carbonyl (C=O) groups is 1. The number of rotatable bonds is 3. The molecule has 28 heavy (non-hydrogen) atoms. The highest BCUT2D eigenvalue weighted by molar-refractivity contribution is 7.21. The number of piperidine rings is 1. The van der Waals surface area contributed by atoms with Gasteiger partial charge in [0.05, 0.1) is 17.2 Å². The van der Waals surface area contributed by atoms with E-state index in [2.05, 4.69) is 18.7 Å². The van der Waals surface area contributed by atoms with Crippen LogP contribution in [0.15, 0.2) is 18.2 Å². The number of hydrogen-bond acceptors (Lipinski definition) is 4. The van der Waals surface area contributed by atoms with Crippen LogP contribution in [0.2, 0.25) is 5.02 Å². The van der Waals surface area contributed by atoms with Crippen molar-refractivity contribution < 1.29 is 13.9 Å². The molecule has 2 fully saturated rings. The van der Waals surface area contributed by atoms with E-state index in [0.717, 1.165) is 55.7 Å². The second-order valence-electron chi connectivity index (χ2n) is 8.10. The highest BCUT2D eigenvalue weighted by atomic mass is 35.5. The Balaban J connectivity index is 1.37. The minimum absolute atomic E-state index is 0.0290. The molecule has 2 aliphatic heterocycles. The summed E-state index contributed by atoms with van der Waals surface area (Å²) in [7, 11) is 0. The Labute approximate surface area is 174 Å². The van der Waals surface area contributed by atoms with Gasteiger partial charge in [0.25, 0.3) is 5.91 Å². The molecule has 4 nitrogen and oxygen atoms in total. The van der Waals surface area contributed by atoms with Crippen LogP contribution in [0.1, 0.15) is 36.4 Å². The molecule has 2 aliphatic rings. The van der Waals surface area contributed by atoms with Crippen molar-refractivity contribution in [2.24, 2.45) is 5.92 Å². The number of ether oxygens (including phenoxy) is 1. The van der Waals surface area contributed by atoms with Crippen molar-refractivity contribution in [3.63, 3.8) is 0 Å². The highest BCUT2D eigenvalue weighted by Gasteiger charge is 2.29.